The second-order valence-electron chi connectivity index (χ2n) is 3.00. The molecule has 1 atom stereocenters. The fourth-order valence-electron chi connectivity index (χ4n) is 1.27. The Labute approximate surface area is 94.9 Å². The second-order valence-corrected chi connectivity index (χ2v) is 4.22. The molecule has 1 saturated heterocycles. The molecule has 1 heterocycles. The van der Waals surface area contributed by atoms with E-state index >= 15 is 0 Å². The number of rotatable bonds is 3. The van der Waals surface area contributed by atoms with Gasteiger partial charge in [0.1, 0.15) is 6.04 Å². The van der Waals surface area contributed by atoms with Crippen molar-refractivity contribution in [3.8, 4) is 0 Å². The van der Waals surface area contributed by atoms with Gasteiger partial charge in [-0.25, -0.2) is 0 Å². The zero-order valence-electron chi connectivity index (χ0n) is 8.27. The molecule has 2 N–H and O–H groups in total. The molecule has 0 aromatic heterocycles. The van der Waals surface area contributed by atoms with Crippen LogP contribution in [0.5, 0.6) is 0 Å². The van der Waals surface area contributed by atoms with Crippen molar-refractivity contribution in [2.45, 2.75) is 6.04 Å². The van der Waals surface area contributed by atoms with Gasteiger partial charge in [-0.3, -0.25) is 4.79 Å². The molecule has 1 unspecified atom stereocenters. The lowest BCUT2D eigenvalue weighted by Crippen LogP contribution is -2.48. The van der Waals surface area contributed by atoms with Crippen LogP contribution in [0.4, 0.5) is 0 Å². The molecule has 0 aliphatic carbocycles. The summed E-state index contributed by atoms with van der Waals surface area (Å²) in [7, 11) is 1.55. The lowest BCUT2D eigenvalue weighted by atomic mass is 10.3. The van der Waals surface area contributed by atoms with E-state index in [1.807, 2.05) is 16.7 Å². The van der Waals surface area contributed by atoms with E-state index in [0.717, 1.165) is 24.6 Å². The predicted octanol–water partition coefficient (Wildman–Crippen LogP) is -0.0427. The van der Waals surface area contributed by atoms with Gasteiger partial charge in [-0.05, 0) is 0 Å². The van der Waals surface area contributed by atoms with E-state index < -0.39 is 6.04 Å². The Bertz CT molecular complexity index is 177. The molecule has 1 fully saturated rings. The first-order valence-electron chi connectivity index (χ1n) is 4.36. The molecule has 1 amide bonds. The average molecular weight is 241 g/mol. The van der Waals surface area contributed by atoms with Crippen LogP contribution in [0.1, 0.15) is 0 Å². The van der Waals surface area contributed by atoms with E-state index in [0.29, 0.717) is 6.61 Å². The van der Waals surface area contributed by atoms with Crippen molar-refractivity contribution < 1.29 is 9.53 Å². The molecule has 0 bridgehead atoms. The summed E-state index contributed by atoms with van der Waals surface area (Å²) in [5.41, 5.74) is 5.64. The van der Waals surface area contributed by atoms with Crippen LogP contribution in [0, 0.1) is 0 Å². The maximum Gasteiger partial charge on any atom is 0.241 e. The number of methoxy groups -OCH3 is 1. The lowest BCUT2D eigenvalue weighted by Gasteiger charge is -2.28. The zero-order valence-corrected chi connectivity index (χ0v) is 9.90. The molecule has 0 radical (unpaired) electrons. The number of hydrogen-bond acceptors (Lipinski definition) is 4. The molecule has 1 aliphatic rings. The van der Waals surface area contributed by atoms with Gasteiger partial charge in [-0.2, -0.15) is 11.8 Å². The van der Waals surface area contributed by atoms with Crippen molar-refractivity contribution in [3.63, 3.8) is 0 Å². The van der Waals surface area contributed by atoms with Crippen molar-refractivity contribution in [2.75, 3.05) is 38.3 Å². The van der Waals surface area contributed by atoms with E-state index in [9.17, 15) is 4.79 Å². The average Bonchev–Trinajstić information content (AvgIpc) is 2.18. The van der Waals surface area contributed by atoms with E-state index in [-0.39, 0.29) is 18.3 Å². The number of halogens is 1. The van der Waals surface area contributed by atoms with Crippen LogP contribution in [-0.4, -0.2) is 55.2 Å². The van der Waals surface area contributed by atoms with Gasteiger partial charge in [-0.15, -0.1) is 12.4 Å². The summed E-state index contributed by atoms with van der Waals surface area (Å²) in [4.78, 5) is 13.4. The van der Waals surface area contributed by atoms with Crippen molar-refractivity contribution in [2.24, 2.45) is 5.73 Å². The van der Waals surface area contributed by atoms with Crippen LogP contribution in [0.3, 0.4) is 0 Å². The molecule has 0 aromatic rings. The van der Waals surface area contributed by atoms with Gasteiger partial charge in [0, 0.05) is 31.7 Å². The van der Waals surface area contributed by atoms with Crippen LogP contribution in [0.15, 0.2) is 0 Å². The van der Waals surface area contributed by atoms with Crippen LogP contribution in [0.2, 0.25) is 0 Å². The van der Waals surface area contributed by atoms with Crippen molar-refractivity contribution in [1.82, 2.24) is 4.90 Å². The summed E-state index contributed by atoms with van der Waals surface area (Å²) in [6.45, 7) is 1.95. The Morgan fingerprint density at radius 2 is 2.14 bits per heavy atom. The SMILES string of the molecule is COCC(N)C(=O)N1CCSCC1.Cl. The van der Waals surface area contributed by atoms with Crippen molar-refractivity contribution in [3.05, 3.63) is 0 Å². The highest BCUT2D eigenvalue weighted by molar-refractivity contribution is 7.99. The predicted molar refractivity (Wildman–Crippen MR) is 61.0 cm³/mol. The number of ether oxygens (including phenoxy) is 1. The van der Waals surface area contributed by atoms with Gasteiger partial charge in [0.05, 0.1) is 6.61 Å². The highest BCUT2D eigenvalue weighted by Gasteiger charge is 2.22. The standard InChI is InChI=1S/C8H16N2O2S.ClH/c1-12-6-7(9)8(11)10-2-4-13-5-3-10;/h7H,2-6,9H2,1H3;1H. The summed E-state index contributed by atoms with van der Waals surface area (Å²) in [5, 5.41) is 0. The highest BCUT2D eigenvalue weighted by atomic mass is 35.5. The van der Waals surface area contributed by atoms with Crippen LogP contribution < -0.4 is 5.73 Å². The fourth-order valence-corrected chi connectivity index (χ4v) is 2.17. The molecule has 6 heteroatoms. The van der Waals surface area contributed by atoms with Crippen molar-refractivity contribution in [1.29, 1.82) is 0 Å². The smallest absolute Gasteiger partial charge is 0.241 e. The van der Waals surface area contributed by atoms with Gasteiger partial charge in [0.15, 0.2) is 0 Å². The Morgan fingerprint density at radius 1 is 1.57 bits per heavy atom. The topological polar surface area (TPSA) is 55.6 Å². The van der Waals surface area contributed by atoms with E-state index in [1.54, 1.807) is 7.11 Å². The van der Waals surface area contributed by atoms with Crippen LogP contribution in [-0.2, 0) is 9.53 Å². The van der Waals surface area contributed by atoms with E-state index in [2.05, 4.69) is 0 Å². The Kier molecular flexibility index (Phi) is 7.35. The molecule has 0 spiro atoms. The molecular weight excluding hydrogens is 224 g/mol. The third-order valence-electron chi connectivity index (χ3n) is 1.99. The summed E-state index contributed by atoms with van der Waals surface area (Å²) in [5.74, 6) is 2.05. The van der Waals surface area contributed by atoms with Gasteiger partial charge in [-0.1, -0.05) is 0 Å². The molecule has 4 nitrogen and oxygen atoms in total. The summed E-state index contributed by atoms with van der Waals surface area (Å²) < 4.78 is 4.84. The molecule has 0 saturated carbocycles. The number of carbonyl (C=O) groups is 1. The molecule has 14 heavy (non-hydrogen) atoms. The zero-order chi connectivity index (χ0) is 9.68. The molecular formula is C8H17ClN2O2S. The minimum Gasteiger partial charge on any atom is -0.383 e. The number of nitrogens with zero attached hydrogens (tertiary/aromatic N) is 1. The number of nitrogens with two attached hydrogens (primary N) is 1. The third kappa shape index (κ3) is 4.04. The number of amides is 1. The number of carbonyl (C=O) groups excluding carboxylic acids is 1. The maximum absolute atomic E-state index is 11.6. The summed E-state index contributed by atoms with van der Waals surface area (Å²) in [6, 6.07) is -0.493. The van der Waals surface area contributed by atoms with Gasteiger partial charge >= 0.3 is 0 Å². The molecule has 84 valence electrons. The first kappa shape index (κ1) is 14.0. The minimum absolute atomic E-state index is 0. The Morgan fingerprint density at radius 3 is 2.64 bits per heavy atom. The first-order valence-corrected chi connectivity index (χ1v) is 5.52. The normalized spacial score (nSPS) is 18.6. The largest absolute Gasteiger partial charge is 0.383 e. The van der Waals surface area contributed by atoms with Crippen molar-refractivity contribution >= 4 is 30.1 Å². The Balaban J connectivity index is 0.00000169. The second kappa shape index (κ2) is 7.34. The summed E-state index contributed by atoms with van der Waals surface area (Å²) in [6.07, 6.45) is 0. The highest BCUT2D eigenvalue weighted by Crippen LogP contribution is 2.09. The monoisotopic (exact) mass is 240 g/mol. The van der Waals surface area contributed by atoms with Crippen LogP contribution in [0.25, 0.3) is 0 Å². The van der Waals surface area contributed by atoms with Crippen LogP contribution >= 0.6 is 24.2 Å². The quantitative estimate of drug-likeness (QED) is 0.752. The number of hydrogen-bond donors (Lipinski definition) is 1. The van der Waals surface area contributed by atoms with Gasteiger partial charge in [0.25, 0.3) is 0 Å². The lowest BCUT2D eigenvalue weighted by molar-refractivity contribution is -0.133. The maximum atomic E-state index is 11.6. The molecule has 1 aliphatic heterocycles. The fraction of sp³-hybridized carbons (Fsp3) is 0.875. The van der Waals surface area contributed by atoms with Gasteiger partial charge < -0.3 is 15.4 Å². The third-order valence-corrected chi connectivity index (χ3v) is 2.93. The number of thioether (sulfide) groups is 1. The van der Waals surface area contributed by atoms with Gasteiger partial charge in [0.2, 0.25) is 5.91 Å². The molecule has 0 aromatic carbocycles. The van der Waals surface area contributed by atoms with E-state index in [1.165, 1.54) is 0 Å². The summed E-state index contributed by atoms with van der Waals surface area (Å²) >= 11 is 1.88. The first-order chi connectivity index (χ1) is 6.25. The minimum atomic E-state index is -0.493. The van der Waals surface area contributed by atoms with E-state index in [4.69, 9.17) is 10.5 Å². The molecule has 1 rings (SSSR count). The Hall–Kier alpha value is 0.0300.